The van der Waals surface area contributed by atoms with E-state index in [2.05, 4.69) is 5.16 Å². The fraction of sp³-hybridized carbons (Fsp3) is 0.833. The Morgan fingerprint density at radius 1 is 1.35 bits per heavy atom. The minimum absolute atomic E-state index is 0.0221. The van der Waals surface area contributed by atoms with Gasteiger partial charge in [-0.25, -0.2) is 0 Å². The molecule has 0 aromatic heterocycles. The molecule has 116 valence electrons. The van der Waals surface area contributed by atoms with Crippen molar-refractivity contribution in [2.45, 2.75) is 44.8 Å². The number of alkyl halides is 3. The lowest BCUT2D eigenvalue weighted by molar-refractivity contribution is -0.185. The van der Waals surface area contributed by atoms with Crippen LogP contribution in [-0.4, -0.2) is 41.1 Å². The normalized spacial score (nSPS) is 26.1. The summed E-state index contributed by atoms with van der Waals surface area (Å²) in [6.07, 6.45) is -3.79. The number of nitrogens with two attached hydrogens (primary N) is 1. The highest BCUT2D eigenvalue weighted by Gasteiger charge is 2.43. The number of carbonyl (C=O) groups is 1. The first-order chi connectivity index (χ1) is 9.18. The number of carbonyl (C=O) groups excluding carboxylic acids is 1. The first kappa shape index (κ1) is 16.6. The molecule has 3 N–H and O–H groups in total. The smallest absolute Gasteiger partial charge is 0.391 e. The number of amides is 1. The second-order valence-corrected chi connectivity index (χ2v) is 5.24. The molecule has 1 amide bonds. The number of nitrogens with zero attached hydrogens (tertiary/aromatic N) is 2. The standard InChI is InChI=1S/C12H20F3N3O2/c1-7(10(16)17-20)18(2)11(19)8-3-5-9(6-4-8)12(13,14)15/h7-9,20H,3-6H2,1-2H3,(H2,16,17). The Labute approximate surface area is 115 Å². The molecule has 1 aliphatic carbocycles. The number of likely N-dealkylation sites (N-methyl/N-ethyl adjacent to an activating group) is 1. The summed E-state index contributed by atoms with van der Waals surface area (Å²) in [6.45, 7) is 1.59. The highest BCUT2D eigenvalue weighted by Crippen LogP contribution is 2.39. The Morgan fingerprint density at radius 2 is 1.85 bits per heavy atom. The van der Waals surface area contributed by atoms with Crippen molar-refractivity contribution in [3.05, 3.63) is 0 Å². The fourth-order valence-corrected chi connectivity index (χ4v) is 2.43. The van der Waals surface area contributed by atoms with E-state index in [1.165, 1.54) is 11.9 Å². The molecule has 20 heavy (non-hydrogen) atoms. The van der Waals surface area contributed by atoms with Crippen molar-refractivity contribution >= 4 is 11.7 Å². The van der Waals surface area contributed by atoms with Crippen LogP contribution in [0.4, 0.5) is 13.2 Å². The van der Waals surface area contributed by atoms with Crippen LogP contribution in [-0.2, 0) is 4.79 Å². The molecule has 0 aromatic carbocycles. The van der Waals surface area contributed by atoms with Gasteiger partial charge in [-0.15, -0.1) is 0 Å². The number of hydrogen-bond donors (Lipinski definition) is 2. The maximum Gasteiger partial charge on any atom is 0.391 e. The second kappa shape index (κ2) is 6.32. The van der Waals surface area contributed by atoms with Gasteiger partial charge in [0, 0.05) is 13.0 Å². The zero-order chi connectivity index (χ0) is 15.5. The molecule has 0 aliphatic heterocycles. The first-order valence-corrected chi connectivity index (χ1v) is 6.49. The van der Waals surface area contributed by atoms with Crippen LogP contribution in [0.2, 0.25) is 0 Å². The third-order valence-electron chi connectivity index (χ3n) is 4.01. The number of halogens is 3. The van der Waals surface area contributed by atoms with Gasteiger partial charge >= 0.3 is 6.18 Å². The third kappa shape index (κ3) is 3.77. The summed E-state index contributed by atoms with van der Waals surface area (Å²) >= 11 is 0. The molecule has 5 nitrogen and oxygen atoms in total. The van der Waals surface area contributed by atoms with Crippen LogP contribution in [0.25, 0.3) is 0 Å². The van der Waals surface area contributed by atoms with Gasteiger partial charge in [0.1, 0.15) is 0 Å². The Kier molecular flexibility index (Phi) is 5.24. The Morgan fingerprint density at radius 3 is 2.25 bits per heavy atom. The summed E-state index contributed by atoms with van der Waals surface area (Å²) in [6, 6.07) is -0.590. The van der Waals surface area contributed by atoms with Crippen molar-refractivity contribution in [1.29, 1.82) is 0 Å². The molecule has 1 aliphatic rings. The van der Waals surface area contributed by atoms with Gasteiger partial charge in [-0.2, -0.15) is 13.2 Å². The maximum atomic E-state index is 12.6. The number of rotatable bonds is 3. The second-order valence-electron chi connectivity index (χ2n) is 5.24. The minimum atomic E-state index is -4.18. The Bertz CT molecular complexity index is 377. The van der Waals surface area contributed by atoms with Crippen molar-refractivity contribution in [3.8, 4) is 0 Å². The zero-order valence-electron chi connectivity index (χ0n) is 11.5. The van der Waals surface area contributed by atoms with Gasteiger partial charge in [0.2, 0.25) is 5.91 Å². The molecular formula is C12H20F3N3O2. The van der Waals surface area contributed by atoms with Crippen molar-refractivity contribution in [1.82, 2.24) is 4.90 Å². The van der Waals surface area contributed by atoms with Crippen LogP contribution in [0.15, 0.2) is 5.16 Å². The van der Waals surface area contributed by atoms with Gasteiger partial charge in [-0.1, -0.05) is 5.16 Å². The van der Waals surface area contributed by atoms with E-state index in [1.807, 2.05) is 0 Å². The van der Waals surface area contributed by atoms with Gasteiger partial charge in [0.05, 0.1) is 12.0 Å². The topological polar surface area (TPSA) is 78.9 Å². The van der Waals surface area contributed by atoms with E-state index in [4.69, 9.17) is 10.9 Å². The van der Waals surface area contributed by atoms with Crippen molar-refractivity contribution in [2.75, 3.05) is 7.05 Å². The lowest BCUT2D eigenvalue weighted by Crippen LogP contribution is -2.47. The van der Waals surface area contributed by atoms with E-state index in [0.29, 0.717) is 0 Å². The minimum Gasteiger partial charge on any atom is -0.409 e. The molecule has 0 spiro atoms. The lowest BCUT2D eigenvalue weighted by Gasteiger charge is -2.33. The van der Waals surface area contributed by atoms with E-state index in [0.717, 1.165) is 0 Å². The van der Waals surface area contributed by atoms with Crippen molar-refractivity contribution in [2.24, 2.45) is 22.7 Å². The molecule has 0 aromatic rings. The molecule has 0 heterocycles. The van der Waals surface area contributed by atoms with E-state index >= 15 is 0 Å². The van der Waals surface area contributed by atoms with Crippen LogP contribution in [0.5, 0.6) is 0 Å². The summed E-state index contributed by atoms with van der Waals surface area (Å²) in [7, 11) is 1.50. The Hall–Kier alpha value is -1.47. The molecule has 0 bridgehead atoms. The van der Waals surface area contributed by atoms with Gasteiger partial charge in [0.15, 0.2) is 5.84 Å². The van der Waals surface area contributed by atoms with Crippen LogP contribution in [0.1, 0.15) is 32.6 Å². The molecule has 0 radical (unpaired) electrons. The average molecular weight is 295 g/mol. The third-order valence-corrected chi connectivity index (χ3v) is 4.01. The predicted octanol–water partition coefficient (Wildman–Crippen LogP) is 1.95. The molecule has 0 saturated heterocycles. The Balaban J connectivity index is 2.59. The largest absolute Gasteiger partial charge is 0.409 e. The highest BCUT2D eigenvalue weighted by molar-refractivity contribution is 5.90. The monoisotopic (exact) mass is 295 g/mol. The average Bonchev–Trinajstić information content (AvgIpc) is 2.43. The number of amidine groups is 1. The predicted molar refractivity (Wildman–Crippen MR) is 67.1 cm³/mol. The summed E-state index contributed by atoms with van der Waals surface area (Å²) in [5.74, 6) is -2.10. The molecule has 1 rings (SSSR count). The van der Waals surface area contributed by atoms with Gasteiger partial charge in [0.25, 0.3) is 0 Å². The summed E-state index contributed by atoms with van der Waals surface area (Å²) in [5, 5.41) is 11.4. The molecule has 1 saturated carbocycles. The van der Waals surface area contributed by atoms with Gasteiger partial charge in [-0.3, -0.25) is 4.79 Å². The van der Waals surface area contributed by atoms with Crippen LogP contribution < -0.4 is 5.73 Å². The van der Waals surface area contributed by atoms with Crippen LogP contribution in [0.3, 0.4) is 0 Å². The molecular weight excluding hydrogens is 275 g/mol. The number of hydrogen-bond acceptors (Lipinski definition) is 3. The number of oxime groups is 1. The first-order valence-electron chi connectivity index (χ1n) is 6.49. The van der Waals surface area contributed by atoms with E-state index in [-0.39, 0.29) is 37.4 Å². The van der Waals surface area contributed by atoms with Crippen LogP contribution >= 0.6 is 0 Å². The summed E-state index contributed by atoms with van der Waals surface area (Å²) in [4.78, 5) is 13.5. The quantitative estimate of drug-likeness (QED) is 0.361. The summed E-state index contributed by atoms with van der Waals surface area (Å²) in [5.41, 5.74) is 5.42. The fourth-order valence-electron chi connectivity index (χ4n) is 2.43. The molecule has 8 heteroatoms. The molecule has 1 atom stereocenters. The van der Waals surface area contributed by atoms with Gasteiger partial charge < -0.3 is 15.8 Å². The van der Waals surface area contributed by atoms with E-state index < -0.39 is 24.1 Å². The van der Waals surface area contributed by atoms with Crippen molar-refractivity contribution in [3.63, 3.8) is 0 Å². The van der Waals surface area contributed by atoms with Gasteiger partial charge in [-0.05, 0) is 32.6 Å². The van der Waals surface area contributed by atoms with E-state index in [1.54, 1.807) is 6.92 Å². The van der Waals surface area contributed by atoms with Crippen molar-refractivity contribution < 1.29 is 23.2 Å². The van der Waals surface area contributed by atoms with Crippen LogP contribution in [0, 0.1) is 11.8 Å². The molecule has 1 unspecified atom stereocenters. The SMILES string of the molecule is CC(C(N)=NO)N(C)C(=O)C1CCC(C(F)(F)F)CC1. The lowest BCUT2D eigenvalue weighted by atomic mass is 9.81. The summed E-state index contributed by atoms with van der Waals surface area (Å²) < 4.78 is 37.7. The maximum absolute atomic E-state index is 12.6. The zero-order valence-corrected chi connectivity index (χ0v) is 11.5. The molecule has 1 fully saturated rings. The van der Waals surface area contributed by atoms with E-state index in [9.17, 15) is 18.0 Å². The highest BCUT2D eigenvalue weighted by atomic mass is 19.4.